The van der Waals surface area contributed by atoms with Crippen molar-refractivity contribution in [3.05, 3.63) is 24.3 Å². The zero-order chi connectivity index (χ0) is 16.0. The third-order valence-corrected chi connectivity index (χ3v) is 3.61. The van der Waals surface area contributed by atoms with Gasteiger partial charge in [0, 0.05) is 37.7 Å². The van der Waals surface area contributed by atoms with Gasteiger partial charge in [-0.1, -0.05) is 6.42 Å². The molecule has 0 unspecified atom stereocenters. The number of hydrogen-bond donors (Lipinski definition) is 1. The van der Waals surface area contributed by atoms with Crippen molar-refractivity contribution in [3.63, 3.8) is 0 Å². The zero-order valence-electron chi connectivity index (χ0n) is 13.7. The number of piperidine rings is 1. The van der Waals surface area contributed by atoms with Crippen LogP contribution in [0.25, 0.3) is 0 Å². The van der Waals surface area contributed by atoms with Crippen molar-refractivity contribution >= 4 is 6.09 Å². The van der Waals surface area contributed by atoms with Gasteiger partial charge < -0.3 is 10.1 Å². The molecule has 0 aromatic carbocycles. The minimum absolute atomic E-state index is 0.322. The summed E-state index contributed by atoms with van der Waals surface area (Å²) in [5.41, 5.74) is 0.502. The van der Waals surface area contributed by atoms with Crippen molar-refractivity contribution in [2.45, 2.75) is 58.2 Å². The van der Waals surface area contributed by atoms with E-state index in [0.29, 0.717) is 12.6 Å². The smallest absolute Gasteiger partial charge is 0.407 e. The number of likely N-dealkylation sites (tertiary alicyclic amines) is 1. The van der Waals surface area contributed by atoms with Crippen molar-refractivity contribution in [1.82, 2.24) is 20.2 Å². The minimum Gasteiger partial charge on any atom is -0.444 e. The molecule has 1 atom stereocenters. The Morgan fingerprint density at radius 3 is 2.91 bits per heavy atom. The van der Waals surface area contributed by atoms with E-state index in [1.165, 1.54) is 12.8 Å². The van der Waals surface area contributed by atoms with Gasteiger partial charge >= 0.3 is 6.09 Å². The predicted molar refractivity (Wildman–Crippen MR) is 84.3 cm³/mol. The summed E-state index contributed by atoms with van der Waals surface area (Å²) in [7, 11) is 0. The van der Waals surface area contributed by atoms with Crippen LogP contribution < -0.4 is 5.32 Å². The van der Waals surface area contributed by atoms with Gasteiger partial charge in [0.15, 0.2) is 0 Å². The van der Waals surface area contributed by atoms with Crippen molar-refractivity contribution in [2.24, 2.45) is 0 Å². The van der Waals surface area contributed by atoms with Crippen LogP contribution in [0, 0.1) is 0 Å². The van der Waals surface area contributed by atoms with E-state index in [9.17, 15) is 4.79 Å². The van der Waals surface area contributed by atoms with Crippen LogP contribution in [0.4, 0.5) is 4.79 Å². The van der Waals surface area contributed by atoms with Gasteiger partial charge in [-0.3, -0.25) is 14.9 Å². The van der Waals surface area contributed by atoms with Crippen LogP contribution in [0.2, 0.25) is 0 Å². The number of nitrogens with zero attached hydrogens (tertiary/aromatic N) is 3. The highest BCUT2D eigenvalue weighted by molar-refractivity contribution is 5.67. The summed E-state index contributed by atoms with van der Waals surface area (Å²) in [6.45, 7) is 8.01. The SMILES string of the molecule is CC(C)(C)OC(=O)NC[C@H]1CCCCN1Cc1cnccn1. The summed E-state index contributed by atoms with van der Waals surface area (Å²) >= 11 is 0. The largest absolute Gasteiger partial charge is 0.444 e. The second-order valence-electron chi connectivity index (χ2n) is 6.70. The number of rotatable bonds is 4. The lowest BCUT2D eigenvalue weighted by atomic mass is 10.0. The van der Waals surface area contributed by atoms with Gasteiger partial charge in [-0.25, -0.2) is 4.79 Å². The Morgan fingerprint density at radius 2 is 2.23 bits per heavy atom. The second-order valence-corrected chi connectivity index (χ2v) is 6.70. The first-order valence-corrected chi connectivity index (χ1v) is 7.90. The molecule has 0 radical (unpaired) electrons. The zero-order valence-corrected chi connectivity index (χ0v) is 13.7. The van der Waals surface area contributed by atoms with E-state index in [1.807, 2.05) is 20.8 Å². The average molecular weight is 306 g/mol. The predicted octanol–water partition coefficient (Wildman–Crippen LogP) is 2.36. The van der Waals surface area contributed by atoms with Gasteiger partial charge in [-0.2, -0.15) is 0 Å². The van der Waals surface area contributed by atoms with E-state index in [0.717, 1.165) is 25.2 Å². The van der Waals surface area contributed by atoms with Crippen molar-refractivity contribution < 1.29 is 9.53 Å². The van der Waals surface area contributed by atoms with E-state index in [2.05, 4.69) is 20.2 Å². The molecule has 0 bridgehead atoms. The molecule has 1 fully saturated rings. The number of nitrogens with one attached hydrogen (secondary N) is 1. The molecule has 1 aliphatic rings. The quantitative estimate of drug-likeness (QED) is 0.925. The van der Waals surface area contributed by atoms with Gasteiger partial charge in [0.1, 0.15) is 5.60 Å². The highest BCUT2D eigenvalue weighted by Gasteiger charge is 2.24. The van der Waals surface area contributed by atoms with Crippen molar-refractivity contribution in [1.29, 1.82) is 0 Å². The van der Waals surface area contributed by atoms with Crippen LogP contribution in [-0.2, 0) is 11.3 Å². The second kappa shape index (κ2) is 7.54. The molecule has 1 saturated heterocycles. The van der Waals surface area contributed by atoms with Crippen molar-refractivity contribution in [2.75, 3.05) is 13.1 Å². The number of carbonyl (C=O) groups is 1. The fourth-order valence-electron chi connectivity index (χ4n) is 2.63. The maximum Gasteiger partial charge on any atom is 0.407 e. The fourth-order valence-corrected chi connectivity index (χ4v) is 2.63. The number of carbonyl (C=O) groups excluding carboxylic acids is 1. The number of alkyl carbamates (subject to hydrolysis) is 1. The molecular weight excluding hydrogens is 280 g/mol. The summed E-state index contributed by atoms with van der Waals surface area (Å²) in [4.78, 5) is 22.6. The van der Waals surface area contributed by atoms with Crippen LogP contribution in [0.1, 0.15) is 45.7 Å². The Labute approximate surface area is 132 Å². The molecule has 122 valence electrons. The lowest BCUT2D eigenvalue weighted by Gasteiger charge is -2.35. The maximum absolute atomic E-state index is 11.8. The molecule has 1 aromatic heterocycles. The maximum atomic E-state index is 11.8. The van der Waals surface area contributed by atoms with Crippen LogP contribution >= 0.6 is 0 Å². The summed E-state index contributed by atoms with van der Waals surface area (Å²) < 4.78 is 5.29. The first-order chi connectivity index (χ1) is 10.4. The Kier molecular flexibility index (Phi) is 5.71. The molecule has 2 rings (SSSR count). The molecule has 1 amide bonds. The van der Waals surface area contributed by atoms with Gasteiger partial charge in [-0.05, 0) is 40.2 Å². The normalized spacial score (nSPS) is 19.7. The summed E-state index contributed by atoms with van der Waals surface area (Å²) in [6, 6.07) is 0.322. The average Bonchev–Trinajstić information content (AvgIpc) is 2.46. The highest BCUT2D eigenvalue weighted by Crippen LogP contribution is 2.18. The van der Waals surface area contributed by atoms with E-state index in [1.54, 1.807) is 18.6 Å². The molecule has 2 heterocycles. The topological polar surface area (TPSA) is 67.3 Å². The Morgan fingerprint density at radius 1 is 1.41 bits per heavy atom. The first kappa shape index (κ1) is 16.7. The Balaban J connectivity index is 1.86. The molecule has 1 N–H and O–H groups in total. The van der Waals surface area contributed by atoms with Gasteiger partial charge in [0.05, 0.1) is 5.69 Å². The van der Waals surface area contributed by atoms with Crippen LogP contribution in [-0.4, -0.2) is 45.7 Å². The fraction of sp³-hybridized carbons (Fsp3) is 0.688. The van der Waals surface area contributed by atoms with Crippen molar-refractivity contribution in [3.8, 4) is 0 Å². The van der Waals surface area contributed by atoms with E-state index in [-0.39, 0.29) is 6.09 Å². The van der Waals surface area contributed by atoms with E-state index in [4.69, 9.17) is 4.74 Å². The van der Waals surface area contributed by atoms with Crippen LogP contribution in [0.3, 0.4) is 0 Å². The molecule has 0 spiro atoms. The molecule has 0 aliphatic carbocycles. The number of hydrogen-bond acceptors (Lipinski definition) is 5. The number of ether oxygens (including phenoxy) is 1. The van der Waals surface area contributed by atoms with Gasteiger partial charge in [-0.15, -0.1) is 0 Å². The van der Waals surface area contributed by atoms with E-state index < -0.39 is 5.60 Å². The summed E-state index contributed by atoms with van der Waals surface area (Å²) in [5.74, 6) is 0. The summed E-state index contributed by atoms with van der Waals surface area (Å²) in [5, 5.41) is 2.89. The molecule has 22 heavy (non-hydrogen) atoms. The molecule has 6 nitrogen and oxygen atoms in total. The molecule has 6 heteroatoms. The third kappa shape index (κ3) is 5.60. The van der Waals surface area contributed by atoms with Gasteiger partial charge in [0.25, 0.3) is 0 Å². The minimum atomic E-state index is -0.462. The molecule has 1 aliphatic heterocycles. The third-order valence-electron chi connectivity index (χ3n) is 3.61. The van der Waals surface area contributed by atoms with Gasteiger partial charge in [0.2, 0.25) is 0 Å². The molecule has 1 aromatic rings. The van der Waals surface area contributed by atoms with E-state index >= 15 is 0 Å². The monoisotopic (exact) mass is 306 g/mol. The summed E-state index contributed by atoms with van der Waals surface area (Å²) in [6.07, 6.45) is 8.30. The first-order valence-electron chi connectivity index (χ1n) is 7.90. The Bertz CT molecular complexity index is 473. The number of amides is 1. The highest BCUT2D eigenvalue weighted by atomic mass is 16.6. The van der Waals surface area contributed by atoms with Crippen LogP contribution in [0.15, 0.2) is 18.6 Å². The van der Waals surface area contributed by atoms with Crippen LogP contribution in [0.5, 0.6) is 0 Å². The number of aromatic nitrogens is 2. The molecular formula is C16H26N4O2. The Hall–Kier alpha value is -1.69. The standard InChI is InChI=1S/C16H26N4O2/c1-16(2,3)22-15(21)19-11-14-6-4-5-9-20(14)12-13-10-17-7-8-18-13/h7-8,10,14H,4-6,9,11-12H2,1-3H3,(H,19,21)/t14-/m1/s1. The lowest BCUT2D eigenvalue weighted by Crippen LogP contribution is -2.47. The lowest BCUT2D eigenvalue weighted by molar-refractivity contribution is 0.0491. The molecule has 0 saturated carbocycles.